The van der Waals surface area contributed by atoms with Gasteiger partial charge in [0, 0.05) is 37.8 Å². The van der Waals surface area contributed by atoms with Gasteiger partial charge in [-0.2, -0.15) is 14.6 Å². The average Bonchev–Trinajstić information content (AvgIpc) is 3.33. The van der Waals surface area contributed by atoms with E-state index in [1.54, 1.807) is 17.2 Å². The first-order valence-corrected chi connectivity index (χ1v) is 10.4. The molecule has 33 heavy (non-hydrogen) atoms. The lowest BCUT2D eigenvalue weighted by atomic mass is 9.95. The Hall–Kier alpha value is -3.85. The molecule has 0 aromatic carbocycles. The van der Waals surface area contributed by atoms with Crippen LogP contribution in [0.4, 0.5) is 10.3 Å². The van der Waals surface area contributed by atoms with E-state index in [0.717, 1.165) is 11.8 Å². The highest BCUT2D eigenvalue weighted by Gasteiger charge is 2.37. The van der Waals surface area contributed by atoms with E-state index in [-0.39, 0.29) is 23.8 Å². The zero-order chi connectivity index (χ0) is 23.4. The topological polar surface area (TPSA) is 142 Å². The van der Waals surface area contributed by atoms with Crippen molar-refractivity contribution in [2.75, 3.05) is 31.2 Å². The minimum absolute atomic E-state index is 0.134. The van der Waals surface area contributed by atoms with Crippen LogP contribution in [0.1, 0.15) is 36.4 Å². The van der Waals surface area contributed by atoms with E-state index in [9.17, 15) is 14.0 Å². The van der Waals surface area contributed by atoms with Crippen molar-refractivity contribution < 1.29 is 28.7 Å². The fourth-order valence-electron chi connectivity index (χ4n) is 3.92. The Morgan fingerprint density at radius 1 is 1.27 bits per heavy atom. The number of amides is 1. The molecule has 0 saturated carbocycles. The maximum Gasteiger partial charge on any atom is 0.341 e. The molecular formula is C21H21FN6O5. The van der Waals surface area contributed by atoms with E-state index in [0.29, 0.717) is 44.5 Å². The number of carbonyl (C=O) groups excluding carboxylic acids is 1. The predicted molar refractivity (Wildman–Crippen MR) is 109 cm³/mol. The van der Waals surface area contributed by atoms with Gasteiger partial charge in [-0.15, -0.1) is 0 Å². The van der Waals surface area contributed by atoms with Crippen molar-refractivity contribution in [3.05, 3.63) is 41.6 Å². The number of hydroxylamine groups is 2. The van der Waals surface area contributed by atoms with Crippen molar-refractivity contribution in [1.82, 2.24) is 20.0 Å². The fraction of sp³-hybridized carbons (Fsp3) is 0.429. The first kappa shape index (κ1) is 22.3. The monoisotopic (exact) mass is 456 g/mol. The molecule has 0 unspecified atom stereocenters. The third kappa shape index (κ3) is 4.98. The zero-order valence-corrected chi connectivity index (χ0v) is 17.6. The molecule has 4 heterocycles. The lowest BCUT2D eigenvalue weighted by molar-refractivity contribution is -0.182. The minimum atomic E-state index is -1.24. The molecule has 2 aliphatic rings. The van der Waals surface area contributed by atoms with E-state index in [1.165, 1.54) is 11.3 Å². The molecule has 1 atom stereocenters. The van der Waals surface area contributed by atoms with Gasteiger partial charge < -0.3 is 14.7 Å². The van der Waals surface area contributed by atoms with Crippen molar-refractivity contribution in [2.45, 2.75) is 25.3 Å². The van der Waals surface area contributed by atoms with Gasteiger partial charge in [0.05, 0.1) is 24.4 Å². The summed E-state index contributed by atoms with van der Waals surface area (Å²) < 4.78 is 18.7. The van der Waals surface area contributed by atoms with E-state index < -0.39 is 24.3 Å². The molecule has 1 N–H and O–H groups in total. The van der Waals surface area contributed by atoms with Crippen LogP contribution < -0.4 is 9.64 Å². The highest BCUT2D eigenvalue weighted by atomic mass is 19.1. The lowest BCUT2D eigenvalue weighted by Crippen LogP contribution is -2.42. The standard InChI is InChI=1S/C21H21FN6O5/c22-16-11-25-21(26-19(16)32-12-18(29)30)27-4-1-14(2-5-27)20(31)28-17(3-6-33-28)15-7-13(8-23)9-24-10-15/h7,9-11,14,17H,1-6,12H2,(H,29,30)/t17-/m0/s1. The van der Waals surface area contributed by atoms with Gasteiger partial charge >= 0.3 is 5.97 Å². The van der Waals surface area contributed by atoms with Gasteiger partial charge in [-0.1, -0.05) is 0 Å². The molecule has 0 radical (unpaired) electrons. The summed E-state index contributed by atoms with van der Waals surface area (Å²) in [5.74, 6) is -2.73. The second kappa shape index (κ2) is 9.74. The van der Waals surface area contributed by atoms with Crippen LogP contribution in [-0.2, 0) is 14.4 Å². The average molecular weight is 456 g/mol. The summed E-state index contributed by atoms with van der Waals surface area (Å²) in [6, 6.07) is 3.47. The number of nitrogens with zero attached hydrogens (tertiary/aromatic N) is 6. The van der Waals surface area contributed by atoms with E-state index >= 15 is 0 Å². The lowest BCUT2D eigenvalue weighted by Gasteiger charge is -2.34. The molecule has 2 aromatic heterocycles. The normalized spacial score (nSPS) is 18.7. The SMILES string of the molecule is N#Cc1cncc([C@@H]2CCON2C(=O)C2CCN(c3ncc(F)c(OCC(=O)O)n3)CC2)c1. The van der Waals surface area contributed by atoms with Crippen LogP contribution in [0.25, 0.3) is 0 Å². The fourth-order valence-corrected chi connectivity index (χ4v) is 3.92. The number of anilines is 1. The number of aromatic nitrogens is 3. The first-order valence-electron chi connectivity index (χ1n) is 10.4. The predicted octanol–water partition coefficient (Wildman–Crippen LogP) is 1.47. The minimum Gasteiger partial charge on any atom is -0.479 e. The molecule has 12 heteroatoms. The summed E-state index contributed by atoms with van der Waals surface area (Å²) >= 11 is 0. The Morgan fingerprint density at radius 3 is 2.79 bits per heavy atom. The molecule has 172 valence electrons. The summed E-state index contributed by atoms with van der Waals surface area (Å²) in [5.41, 5.74) is 1.18. The molecular weight excluding hydrogens is 435 g/mol. The molecule has 11 nitrogen and oxygen atoms in total. The quantitative estimate of drug-likeness (QED) is 0.679. The third-order valence-corrected chi connectivity index (χ3v) is 5.55. The number of halogens is 1. The molecule has 2 saturated heterocycles. The van der Waals surface area contributed by atoms with Gasteiger partial charge in [0.25, 0.3) is 5.88 Å². The smallest absolute Gasteiger partial charge is 0.341 e. The number of hydrogen-bond acceptors (Lipinski definition) is 9. The number of piperidine rings is 1. The number of aliphatic carboxylic acids is 1. The van der Waals surface area contributed by atoms with Crippen molar-refractivity contribution in [3.63, 3.8) is 0 Å². The second-order valence-electron chi connectivity index (χ2n) is 7.69. The number of rotatable bonds is 6. The van der Waals surface area contributed by atoms with Gasteiger partial charge in [-0.05, 0) is 24.5 Å². The van der Waals surface area contributed by atoms with E-state index in [4.69, 9.17) is 19.9 Å². The van der Waals surface area contributed by atoms with E-state index in [2.05, 4.69) is 21.0 Å². The maximum absolute atomic E-state index is 13.8. The number of carboxylic acid groups (broad SMARTS) is 1. The number of ether oxygens (including phenoxy) is 1. The van der Waals surface area contributed by atoms with Gasteiger partial charge in [-0.3, -0.25) is 14.6 Å². The molecule has 0 bridgehead atoms. The van der Waals surface area contributed by atoms with E-state index in [1.807, 2.05) is 0 Å². The Kier molecular flexibility index (Phi) is 6.60. The van der Waals surface area contributed by atoms with Crippen LogP contribution in [0.3, 0.4) is 0 Å². The molecule has 2 fully saturated rings. The summed E-state index contributed by atoms with van der Waals surface area (Å²) in [5, 5.41) is 19.2. The Bertz CT molecular complexity index is 1090. The van der Waals surface area contributed by atoms with Crippen molar-refractivity contribution in [1.29, 1.82) is 5.26 Å². The Morgan fingerprint density at radius 2 is 2.06 bits per heavy atom. The van der Waals surface area contributed by atoms with Gasteiger partial charge in [-0.25, -0.2) is 14.8 Å². The molecule has 2 aliphatic heterocycles. The second-order valence-corrected chi connectivity index (χ2v) is 7.69. The summed E-state index contributed by atoms with van der Waals surface area (Å²) in [6.07, 6.45) is 5.67. The highest BCUT2D eigenvalue weighted by Crippen LogP contribution is 2.34. The van der Waals surface area contributed by atoms with Crippen molar-refractivity contribution >= 4 is 17.8 Å². The van der Waals surface area contributed by atoms with Gasteiger partial charge in [0.2, 0.25) is 17.7 Å². The van der Waals surface area contributed by atoms with Gasteiger partial charge in [0.15, 0.2) is 6.61 Å². The summed E-state index contributed by atoms with van der Waals surface area (Å²) in [6.45, 7) is 0.580. The summed E-state index contributed by atoms with van der Waals surface area (Å²) in [7, 11) is 0. The number of hydrogen-bond donors (Lipinski definition) is 1. The van der Waals surface area contributed by atoms with Crippen LogP contribution in [0.5, 0.6) is 5.88 Å². The number of carbonyl (C=O) groups is 2. The zero-order valence-electron chi connectivity index (χ0n) is 17.6. The first-order chi connectivity index (χ1) is 16.0. The van der Waals surface area contributed by atoms with Crippen molar-refractivity contribution in [3.8, 4) is 11.9 Å². The Balaban J connectivity index is 1.39. The molecule has 0 aliphatic carbocycles. The third-order valence-electron chi connectivity index (χ3n) is 5.55. The van der Waals surface area contributed by atoms with Crippen LogP contribution in [0.2, 0.25) is 0 Å². The number of nitriles is 1. The molecule has 4 rings (SSSR count). The Labute approximate surface area is 188 Å². The van der Waals surface area contributed by atoms with Gasteiger partial charge in [0.1, 0.15) is 6.07 Å². The van der Waals surface area contributed by atoms with Crippen LogP contribution in [0, 0.1) is 23.1 Å². The largest absolute Gasteiger partial charge is 0.479 e. The van der Waals surface area contributed by atoms with Crippen molar-refractivity contribution in [2.24, 2.45) is 5.92 Å². The molecule has 0 spiro atoms. The summed E-state index contributed by atoms with van der Waals surface area (Å²) in [4.78, 5) is 43.3. The number of pyridine rings is 1. The van der Waals surface area contributed by atoms with Crippen LogP contribution >= 0.6 is 0 Å². The highest BCUT2D eigenvalue weighted by molar-refractivity contribution is 5.79. The maximum atomic E-state index is 13.8. The van der Waals surface area contributed by atoms with Crippen LogP contribution in [-0.4, -0.2) is 63.3 Å². The van der Waals surface area contributed by atoms with Crippen LogP contribution in [0.15, 0.2) is 24.7 Å². The molecule has 1 amide bonds. The molecule has 2 aromatic rings. The number of carboxylic acids is 1.